The normalized spacial score (nSPS) is 16.2. The van der Waals surface area contributed by atoms with Crippen LogP contribution in [0.3, 0.4) is 0 Å². The Labute approximate surface area is 289 Å². The maximum absolute atomic E-state index is 12.9. The zero-order valence-electron chi connectivity index (χ0n) is 28.6. The molecule has 0 saturated carbocycles. The minimum Gasteiger partial charge on any atom is -0.778 e. The van der Waals surface area contributed by atoms with Crippen LogP contribution < -0.4 is 9.79 Å². The number of phenolic OH excluding ortho intramolecular Hbond substituents is 2. The third kappa shape index (κ3) is 7.77. The third-order valence-corrected chi connectivity index (χ3v) is 14.0. The first-order valence-corrected chi connectivity index (χ1v) is 17.0. The fourth-order valence-electron chi connectivity index (χ4n) is 7.62. The first-order chi connectivity index (χ1) is 18.6. The smallest absolute Gasteiger partial charge is 0.778 e. The SMILES string of the molecule is COP(=O)([O-])C(c1ccc(O)cc1)(C(C)(C)C)C(C)(C)C.COP(=O)([O-])C(c1ccc(O)cc1)(C(C)(C)C)C(C)(C)C.[Ca+2]. The molecule has 0 bridgehead atoms. The molecule has 0 amide bonds. The second-order valence-corrected chi connectivity index (χ2v) is 18.9. The maximum Gasteiger partial charge on any atom is 2.00 e. The summed E-state index contributed by atoms with van der Waals surface area (Å²) in [5.74, 6) is 0.210. The second kappa shape index (κ2) is 14.2. The minimum atomic E-state index is -4.23. The second-order valence-electron chi connectivity index (χ2n) is 14.9. The molecule has 8 nitrogen and oxygen atoms in total. The van der Waals surface area contributed by atoms with Crippen molar-refractivity contribution in [2.45, 2.75) is 93.4 Å². The van der Waals surface area contributed by atoms with Gasteiger partial charge in [-0.15, -0.1) is 0 Å². The average molecular weight is 667 g/mol. The van der Waals surface area contributed by atoms with E-state index < -0.39 is 47.2 Å². The van der Waals surface area contributed by atoms with Crippen LogP contribution >= 0.6 is 15.2 Å². The number of hydrogen-bond donors (Lipinski definition) is 2. The van der Waals surface area contributed by atoms with E-state index in [0.29, 0.717) is 11.1 Å². The number of hydrogen-bond acceptors (Lipinski definition) is 8. The van der Waals surface area contributed by atoms with Crippen molar-refractivity contribution in [1.82, 2.24) is 0 Å². The van der Waals surface area contributed by atoms with Crippen molar-refractivity contribution in [3.63, 3.8) is 0 Å². The van der Waals surface area contributed by atoms with Crippen LogP contribution in [0, 0.1) is 21.7 Å². The predicted molar refractivity (Wildman–Crippen MR) is 172 cm³/mol. The Morgan fingerprint density at radius 1 is 0.512 bits per heavy atom. The van der Waals surface area contributed by atoms with Gasteiger partial charge in [0, 0.05) is 14.2 Å². The molecule has 0 fully saturated rings. The summed E-state index contributed by atoms with van der Waals surface area (Å²) in [7, 11) is -6.04. The number of phenols is 2. The Bertz CT molecular complexity index is 1150. The molecular formula is C32H52CaO8P2. The van der Waals surface area contributed by atoms with Crippen LogP contribution in [-0.4, -0.2) is 62.2 Å². The molecule has 0 spiro atoms. The van der Waals surface area contributed by atoms with E-state index in [2.05, 4.69) is 0 Å². The number of aromatic hydroxyl groups is 2. The molecule has 240 valence electrons. The van der Waals surface area contributed by atoms with E-state index in [0.717, 1.165) is 0 Å². The Hall–Kier alpha value is -0.400. The van der Waals surface area contributed by atoms with Gasteiger partial charge in [0.15, 0.2) is 0 Å². The molecule has 2 aromatic carbocycles. The molecule has 2 atom stereocenters. The predicted octanol–water partition coefficient (Wildman–Crippen LogP) is 7.38. The monoisotopic (exact) mass is 666 g/mol. The largest absolute Gasteiger partial charge is 2.00 e. The molecule has 2 unspecified atom stereocenters. The van der Waals surface area contributed by atoms with Gasteiger partial charge < -0.3 is 38.2 Å². The van der Waals surface area contributed by atoms with Crippen LogP contribution in [0.4, 0.5) is 0 Å². The first kappa shape index (κ1) is 42.6. The molecule has 11 heteroatoms. The fourth-order valence-corrected chi connectivity index (χ4v) is 12.4. The Morgan fingerprint density at radius 3 is 0.837 bits per heavy atom. The zero-order chi connectivity index (χ0) is 33.4. The molecule has 0 aliphatic heterocycles. The molecule has 0 aromatic heterocycles. The van der Waals surface area contributed by atoms with E-state index in [4.69, 9.17) is 9.05 Å². The van der Waals surface area contributed by atoms with E-state index in [1.165, 1.54) is 38.5 Å². The molecule has 2 N–H and O–H groups in total. The van der Waals surface area contributed by atoms with Crippen LogP contribution in [0.15, 0.2) is 48.5 Å². The molecule has 2 aromatic rings. The van der Waals surface area contributed by atoms with Gasteiger partial charge in [-0.1, -0.05) is 107 Å². The van der Waals surface area contributed by atoms with Gasteiger partial charge in [-0.05, 0) is 57.1 Å². The van der Waals surface area contributed by atoms with E-state index in [1.54, 1.807) is 24.3 Å². The average Bonchev–Trinajstić information content (AvgIpc) is 2.78. The van der Waals surface area contributed by atoms with E-state index >= 15 is 0 Å². The standard InChI is InChI=1S/2C16H27O4P.Ca/c2*1-14(2,3)16(15(4,5)6,21(18,19)20-7)12-8-10-13(17)11-9-12;/h2*8-11,17H,1-7H3,(H,18,19);/q;;+2/p-2. The third-order valence-electron chi connectivity index (χ3n) is 8.21. The van der Waals surface area contributed by atoms with Crippen molar-refractivity contribution in [1.29, 1.82) is 0 Å². The van der Waals surface area contributed by atoms with Gasteiger partial charge in [0.1, 0.15) is 26.7 Å². The summed E-state index contributed by atoms with van der Waals surface area (Å²) < 4.78 is 35.8. The zero-order valence-corrected chi connectivity index (χ0v) is 32.6. The van der Waals surface area contributed by atoms with Gasteiger partial charge in [0.2, 0.25) is 0 Å². The van der Waals surface area contributed by atoms with Gasteiger partial charge in [-0.2, -0.15) is 0 Å². The van der Waals surface area contributed by atoms with E-state index in [9.17, 15) is 29.1 Å². The van der Waals surface area contributed by atoms with Crippen LogP contribution in [0.5, 0.6) is 11.5 Å². The number of benzene rings is 2. The van der Waals surface area contributed by atoms with Gasteiger partial charge in [0.05, 0.1) is 10.3 Å². The molecular weight excluding hydrogens is 614 g/mol. The van der Waals surface area contributed by atoms with Crippen LogP contribution in [-0.2, 0) is 28.5 Å². The van der Waals surface area contributed by atoms with Crippen LogP contribution in [0.25, 0.3) is 0 Å². The molecule has 2 rings (SSSR count). The van der Waals surface area contributed by atoms with Crippen molar-refractivity contribution < 1.29 is 38.2 Å². The fraction of sp³-hybridized carbons (Fsp3) is 0.625. The van der Waals surface area contributed by atoms with Crippen molar-refractivity contribution in [2.75, 3.05) is 14.2 Å². The Morgan fingerprint density at radius 2 is 0.698 bits per heavy atom. The van der Waals surface area contributed by atoms with Crippen molar-refractivity contribution in [3.05, 3.63) is 59.7 Å². The van der Waals surface area contributed by atoms with Crippen LogP contribution in [0.1, 0.15) is 94.2 Å². The van der Waals surface area contributed by atoms with E-state index in [-0.39, 0.29) is 49.2 Å². The summed E-state index contributed by atoms with van der Waals surface area (Å²) in [6.45, 7) is 22.8. The van der Waals surface area contributed by atoms with E-state index in [1.807, 2.05) is 83.1 Å². The Kier molecular flexibility index (Phi) is 14.0. The molecule has 0 radical (unpaired) electrons. The molecule has 0 saturated heterocycles. The summed E-state index contributed by atoms with van der Waals surface area (Å²) in [6.07, 6.45) is 0. The number of rotatable bonds is 6. The topological polar surface area (TPSA) is 139 Å². The summed E-state index contributed by atoms with van der Waals surface area (Å²) in [6, 6.07) is 12.7. The molecule has 0 aliphatic carbocycles. The quantitative estimate of drug-likeness (QED) is 0.241. The molecule has 43 heavy (non-hydrogen) atoms. The van der Waals surface area contributed by atoms with Gasteiger partial charge in [-0.25, -0.2) is 0 Å². The van der Waals surface area contributed by atoms with Crippen molar-refractivity contribution in [3.8, 4) is 11.5 Å². The molecule has 0 heterocycles. The van der Waals surface area contributed by atoms with Crippen LogP contribution in [0.2, 0.25) is 0 Å². The maximum atomic E-state index is 12.9. The van der Waals surface area contributed by atoms with Crippen molar-refractivity contribution >= 4 is 52.9 Å². The van der Waals surface area contributed by atoms with Gasteiger partial charge in [0.25, 0.3) is 0 Å². The minimum absolute atomic E-state index is 0. The summed E-state index contributed by atoms with van der Waals surface area (Å²) >= 11 is 0. The van der Waals surface area contributed by atoms with Gasteiger partial charge >= 0.3 is 37.7 Å². The van der Waals surface area contributed by atoms with Crippen molar-refractivity contribution in [2.24, 2.45) is 21.7 Å². The summed E-state index contributed by atoms with van der Waals surface area (Å²) in [5.41, 5.74) is -1.16. The summed E-state index contributed by atoms with van der Waals surface area (Å²) in [4.78, 5) is 25.9. The molecule has 0 aliphatic rings. The summed E-state index contributed by atoms with van der Waals surface area (Å²) in [5, 5.41) is 16.6. The first-order valence-electron chi connectivity index (χ1n) is 13.9. The van der Waals surface area contributed by atoms with Gasteiger partial charge in [-0.3, -0.25) is 0 Å². The Balaban J connectivity index is 0.000000802.